The molecular formula is C40H41F5N12O2. The number of hydrogen-bond donors (Lipinski definition) is 4. The minimum absolute atomic E-state index is 0.00778. The molecule has 19 heteroatoms. The van der Waals surface area contributed by atoms with Crippen LogP contribution < -0.4 is 30.7 Å². The van der Waals surface area contributed by atoms with Crippen LogP contribution in [0.1, 0.15) is 61.7 Å². The van der Waals surface area contributed by atoms with Crippen LogP contribution in [-0.2, 0) is 0 Å². The van der Waals surface area contributed by atoms with E-state index in [1.165, 1.54) is 21.4 Å². The Balaban J connectivity index is 0.840. The summed E-state index contributed by atoms with van der Waals surface area (Å²) in [7, 11) is 3.13. The Bertz CT molecular complexity index is 2570. The number of nitrogens with one attached hydrogen (secondary N) is 4. The highest BCUT2D eigenvalue weighted by atomic mass is 19.1. The maximum Gasteiger partial charge on any atom is 0.168 e. The Kier molecular flexibility index (Phi) is 9.45. The first-order valence-corrected chi connectivity index (χ1v) is 19.9. The fourth-order valence-corrected chi connectivity index (χ4v) is 8.54. The first-order valence-electron chi connectivity index (χ1n) is 19.9. The molecule has 0 aromatic carbocycles. The van der Waals surface area contributed by atoms with E-state index in [9.17, 15) is 8.78 Å². The topological polar surface area (TPSA) is 153 Å². The van der Waals surface area contributed by atoms with Gasteiger partial charge in [-0.1, -0.05) is 0 Å². The molecule has 2 saturated carbocycles. The van der Waals surface area contributed by atoms with E-state index in [0.717, 1.165) is 43.5 Å². The van der Waals surface area contributed by atoms with E-state index in [4.69, 9.17) is 19.7 Å². The van der Waals surface area contributed by atoms with Gasteiger partial charge < -0.3 is 30.7 Å². The Morgan fingerprint density at radius 2 is 1.32 bits per heavy atom. The number of methoxy groups -OCH3 is 2. The van der Waals surface area contributed by atoms with Crippen molar-refractivity contribution in [1.82, 2.24) is 49.8 Å². The van der Waals surface area contributed by atoms with Crippen LogP contribution >= 0.6 is 0 Å². The first-order chi connectivity index (χ1) is 28.7. The third kappa shape index (κ3) is 6.92. The van der Waals surface area contributed by atoms with Gasteiger partial charge in [0.25, 0.3) is 0 Å². The van der Waals surface area contributed by atoms with Crippen LogP contribution in [0.25, 0.3) is 34.1 Å². The SMILES string of the molecule is COc1cc2ncc(-c3nc(NC4CCC(C5CC5c5nn6c(-c7nc(NC8CNCCC8F)c(F)cc7F)cnc6cc5OC)NC4)c(F)cc3F)n2nc1C1CC1. The van der Waals surface area contributed by atoms with E-state index in [0.29, 0.717) is 53.7 Å². The number of imidazole rings is 2. The standard InChI is InChI=1S/C40H41F5N12O2/c1-58-31-12-33-48-16-29(56(33)54-35(31)18-3-4-18)37-23(42)10-25(44)39(52-37)50-19-5-6-27(47-14-19)20-9-21(20)36-32(59-2)13-34-49-17-30(57(34)55-36)38-24(43)11-26(45)40(53-38)51-28-15-46-8-7-22(28)41/h10-13,16-22,27-28,46-47H,3-9,14-15H2,1-2H3,(H,50,52)(H,51,53). The maximum atomic E-state index is 15.3. The van der Waals surface area contributed by atoms with Gasteiger partial charge in [0.05, 0.1) is 32.7 Å². The second-order valence-corrected chi connectivity index (χ2v) is 15.8. The van der Waals surface area contributed by atoms with E-state index in [-0.39, 0.29) is 71.5 Å². The number of ether oxygens (including phenoxy) is 2. The summed E-state index contributed by atoms with van der Waals surface area (Å²) in [5, 5.41) is 22.3. The highest BCUT2D eigenvalue weighted by Crippen LogP contribution is 2.53. The molecule has 59 heavy (non-hydrogen) atoms. The van der Waals surface area contributed by atoms with Crippen molar-refractivity contribution in [2.24, 2.45) is 5.92 Å². The summed E-state index contributed by atoms with van der Waals surface area (Å²) < 4.78 is 89.6. The van der Waals surface area contributed by atoms with E-state index in [2.05, 4.69) is 41.2 Å². The molecule has 4 fully saturated rings. The molecule has 6 unspecified atom stereocenters. The lowest BCUT2D eigenvalue weighted by Gasteiger charge is -2.31. The van der Waals surface area contributed by atoms with Gasteiger partial charge in [-0.15, -0.1) is 0 Å². The number of pyridine rings is 2. The molecule has 6 atom stereocenters. The van der Waals surface area contributed by atoms with Crippen LogP contribution in [0, 0.1) is 29.2 Å². The molecule has 4 aliphatic rings. The molecule has 6 aromatic heterocycles. The summed E-state index contributed by atoms with van der Waals surface area (Å²) in [4.78, 5) is 17.4. The zero-order chi connectivity index (χ0) is 40.5. The lowest BCUT2D eigenvalue weighted by Crippen LogP contribution is -2.46. The van der Waals surface area contributed by atoms with Crippen LogP contribution in [0.5, 0.6) is 11.5 Å². The Labute approximate surface area is 334 Å². The van der Waals surface area contributed by atoms with Gasteiger partial charge in [-0.2, -0.15) is 10.2 Å². The number of rotatable bonds is 11. The van der Waals surface area contributed by atoms with Crippen molar-refractivity contribution in [3.63, 3.8) is 0 Å². The van der Waals surface area contributed by atoms with Gasteiger partial charge in [-0.25, -0.2) is 50.9 Å². The smallest absolute Gasteiger partial charge is 0.168 e. The molecule has 2 aliphatic carbocycles. The van der Waals surface area contributed by atoms with Crippen molar-refractivity contribution in [2.75, 3.05) is 44.5 Å². The van der Waals surface area contributed by atoms with Crippen LogP contribution in [0.15, 0.2) is 36.7 Å². The van der Waals surface area contributed by atoms with Gasteiger partial charge >= 0.3 is 0 Å². The minimum Gasteiger partial charge on any atom is -0.495 e. The number of hydrogen-bond acceptors (Lipinski definition) is 12. The maximum absolute atomic E-state index is 15.3. The summed E-state index contributed by atoms with van der Waals surface area (Å²) in [6, 6.07) is 4.25. The fourth-order valence-electron chi connectivity index (χ4n) is 8.54. The van der Waals surface area contributed by atoms with E-state index >= 15 is 13.2 Å². The fraction of sp³-hybridized carbons (Fsp3) is 0.450. The third-order valence-corrected chi connectivity index (χ3v) is 11.9. The van der Waals surface area contributed by atoms with Gasteiger partial charge in [0, 0.05) is 61.3 Å². The number of halogens is 5. The predicted octanol–water partition coefficient (Wildman–Crippen LogP) is 5.80. The summed E-state index contributed by atoms with van der Waals surface area (Å²) >= 11 is 0. The van der Waals surface area contributed by atoms with Crippen molar-refractivity contribution < 1.29 is 31.4 Å². The monoisotopic (exact) mass is 816 g/mol. The molecule has 0 spiro atoms. The highest BCUT2D eigenvalue weighted by molar-refractivity contribution is 5.65. The van der Waals surface area contributed by atoms with Crippen molar-refractivity contribution in [2.45, 2.75) is 74.7 Å². The molecule has 0 bridgehead atoms. The summed E-state index contributed by atoms with van der Waals surface area (Å²) in [5.41, 5.74) is 2.55. The molecule has 8 heterocycles. The lowest BCUT2D eigenvalue weighted by molar-refractivity contribution is 0.240. The quantitative estimate of drug-likeness (QED) is 0.117. The highest BCUT2D eigenvalue weighted by Gasteiger charge is 2.47. The Morgan fingerprint density at radius 3 is 1.90 bits per heavy atom. The number of anilines is 2. The zero-order valence-corrected chi connectivity index (χ0v) is 32.2. The molecule has 308 valence electrons. The van der Waals surface area contributed by atoms with Crippen molar-refractivity contribution in [3.8, 4) is 34.3 Å². The number of nitrogens with zero attached hydrogens (tertiary/aromatic N) is 8. The van der Waals surface area contributed by atoms with E-state index in [1.54, 1.807) is 26.4 Å². The van der Waals surface area contributed by atoms with E-state index in [1.807, 2.05) is 0 Å². The molecule has 14 nitrogen and oxygen atoms in total. The number of alkyl halides is 1. The summed E-state index contributed by atoms with van der Waals surface area (Å²) in [6.07, 6.45) is 6.18. The van der Waals surface area contributed by atoms with Gasteiger partial charge in [-0.3, -0.25) is 0 Å². The minimum atomic E-state index is -1.22. The average Bonchev–Trinajstić information content (AvgIpc) is 4.16. The molecular weight excluding hydrogens is 776 g/mol. The van der Waals surface area contributed by atoms with Crippen LogP contribution in [0.2, 0.25) is 0 Å². The number of piperidine rings is 2. The van der Waals surface area contributed by atoms with Crippen LogP contribution in [0.4, 0.5) is 33.6 Å². The molecule has 0 amide bonds. The second-order valence-electron chi connectivity index (χ2n) is 15.8. The first kappa shape index (κ1) is 37.6. The summed E-state index contributed by atoms with van der Waals surface area (Å²) in [6.45, 7) is 1.29. The van der Waals surface area contributed by atoms with E-state index < -0.39 is 35.5 Å². The van der Waals surface area contributed by atoms with Crippen molar-refractivity contribution in [1.29, 1.82) is 0 Å². The predicted molar refractivity (Wildman–Crippen MR) is 206 cm³/mol. The lowest BCUT2D eigenvalue weighted by atomic mass is 9.96. The van der Waals surface area contributed by atoms with Crippen molar-refractivity contribution in [3.05, 3.63) is 71.3 Å². The van der Waals surface area contributed by atoms with Crippen LogP contribution in [0.3, 0.4) is 0 Å². The third-order valence-electron chi connectivity index (χ3n) is 11.9. The second kappa shape index (κ2) is 14.8. The average molecular weight is 817 g/mol. The zero-order valence-electron chi connectivity index (χ0n) is 32.2. The molecule has 0 radical (unpaired) electrons. The van der Waals surface area contributed by atoms with Gasteiger partial charge in [-0.05, 0) is 51.0 Å². The Hall–Kier alpha value is -5.69. The number of aromatic nitrogens is 8. The molecule has 2 saturated heterocycles. The van der Waals surface area contributed by atoms with Gasteiger partial charge in [0.1, 0.15) is 51.8 Å². The molecule has 10 rings (SSSR count). The van der Waals surface area contributed by atoms with Gasteiger partial charge in [0.2, 0.25) is 0 Å². The molecule has 6 aromatic rings. The number of fused-ring (bicyclic) bond motifs is 2. The largest absolute Gasteiger partial charge is 0.495 e. The molecule has 4 N–H and O–H groups in total. The molecule has 2 aliphatic heterocycles. The van der Waals surface area contributed by atoms with Crippen molar-refractivity contribution >= 4 is 22.9 Å². The summed E-state index contributed by atoms with van der Waals surface area (Å²) in [5.74, 6) is -2.16. The normalized spacial score (nSPS) is 24.4. The van der Waals surface area contributed by atoms with Crippen LogP contribution in [-0.4, -0.2) is 97.3 Å². The van der Waals surface area contributed by atoms with Gasteiger partial charge in [0.15, 0.2) is 46.2 Å². The Morgan fingerprint density at radius 1 is 0.712 bits per heavy atom.